The highest BCUT2D eigenvalue weighted by Gasteiger charge is 2.18. The Balaban J connectivity index is 1.47. The fourth-order valence-corrected chi connectivity index (χ4v) is 3.55. The topological polar surface area (TPSA) is 74.8 Å². The number of carbonyl (C=O) groups excluding carboxylic acids is 2. The Labute approximate surface area is 186 Å². The monoisotopic (exact) mass is 448 g/mol. The first-order chi connectivity index (χ1) is 15.0. The third-order valence-corrected chi connectivity index (χ3v) is 5.27. The zero-order valence-electron chi connectivity index (χ0n) is 17.4. The van der Waals surface area contributed by atoms with Gasteiger partial charge in [0.05, 0.1) is 17.9 Å². The third kappa shape index (κ3) is 6.63. The second kappa shape index (κ2) is 11.1. The van der Waals surface area contributed by atoms with Crippen LogP contribution in [0.4, 0.5) is 15.9 Å². The molecule has 1 N–H and O–H groups in total. The lowest BCUT2D eigenvalue weighted by atomic mass is 10.2. The van der Waals surface area contributed by atoms with E-state index in [1.165, 1.54) is 24.4 Å². The summed E-state index contributed by atoms with van der Waals surface area (Å²) < 4.78 is 18.8. The first kappa shape index (κ1) is 23.0. The summed E-state index contributed by atoms with van der Waals surface area (Å²) in [5.41, 5.74) is 0.568. The number of nitrogens with one attached hydrogen (secondary N) is 1. The molecule has 1 saturated heterocycles. The van der Waals surface area contributed by atoms with Gasteiger partial charge in [0.1, 0.15) is 11.6 Å². The SMILES string of the molecule is CCOC(=O)c1ccc(N2CCCN(CCC(=O)Nc3ccc(Cl)cc3F)CC2)nc1. The zero-order valence-corrected chi connectivity index (χ0v) is 18.2. The number of benzene rings is 1. The Bertz CT molecular complexity index is 910. The van der Waals surface area contributed by atoms with Crippen LogP contribution in [0.25, 0.3) is 0 Å². The minimum absolute atomic E-state index is 0.133. The summed E-state index contributed by atoms with van der Waals surface area (Å²) in [5.74, 6) is -0.350. The lowest BCUT2D eigenvalue weighted by Gasteiger charge is -2.22. The molecule has 0 radical (unpaired) electrons. The number of rotatable bonds is 7. The Hall–Kier alpha value is -2.71. The lowest BCUT2D eigenvalue weighted by Crippen LogP contribution is -2.33. The molecule has 0 bridgehead atoms. The summed E-state index contributed by atoms with van der Waals surface area (Å²) in [7, 11) is 0. The summed E-state index contributed by atoms with van der Waals surface area (Å²) in [6.07, 6.45) is 2.74. The number of hydrogen-bond acceptors (Lipinski definition) is 6. The molecule has 0 atom stereocenters. The van der Waals surface area contributed by atoms with Crippen LogP contribution in [0, 0.1) is 5.82 Å². The summed E-state index contributed by atoms with van der Waals surface area (Å²) in [4.78, 5) is 32.7. The maximum atomic E-state index is 13.8. The number of anilines is 2. The molecule has 166 valence electrons. The van der Waals surface area contributed by atoms with E-state index in [0.29, 0.717) is 18.7 Å². The van der Waals surface area contributed by atoms with Crippen molar-refractivity contribution in [1.29, 1.82) is 0 Å². The van der Waals surface area contributed by atoms with Crippen LogP contribution in [0.3, 0.4) is 0 Å². The van der Waals surface area contributed by atoms with Gasteiger partial charge in [-0.1, -0.05) is 11.6 Å². The first-order valence-electron chi connectivity index (χ1n) is 10.3. The standard InChI is InChI=1S/C22H26ClFN4O3/c1-2-31-22(30)16-4-7-20(25-15-16)28-10-3-9-27(12-13-28)11-8-21(29)26-19-6-5-17(23)14-18(19)24/h4-7,14-15H,2-3,8-13H2,1H3,(H,26,29). The fraction of sp³-hybridized carbons (Fsp3) is 0.409. The molecule has 2 heterocycles. The average Bonchev–Trinajstić information content (AvgIpc) is 3.00. The number of aromatic nitrogens is 1. The van der Waals surface area contributed by atoms with Crippen molar-refractivity contribution in [1.82, 2.24) is 9.88 Å². The van der Waals surface area contributed by atoms with Crippen LogP contribution in [0.1, 0.15) is 30.1 Å². The predicted molar refractivity (Wildman–Crippen MR) is 118 cm³/mol. The molecular formula is C22H26ClFN4O3. The minimum atomic E-state index is -0.548. The second-order valence-corrected chi connectivity index (χ2v) is 7.67. The van der Waals surface area contributed by atoms with Crippen molar-refractivity contribution in [2.45, 2.75) is 19.8 Å². The molecule has 2 aromatic rings. The molecule has 1 aliphatic heterocycles. The molecular weight excluding hydrogens is 423 g/mol. The fourth-order valence-electron chi connectivity index (χ4n) is 3.40. The lowest BCUT2D eigenvalue weighted by molar-refractivity contribution is -0.116. The Morgan fingerprint density at radius 3 is 2.74 bits per heavy atom. The molecule has 3 rings (SSSR count). The maximum Gasteiger partial charge on any atom is 0.339 e. The number of halogens is 2. The molecule has 0 unspecified atom stereocenters. The van der Waals surface area contributed by atoms with Gasteiger partial charge in [0, 0.05) is 43.8 Å². The molecule has 7 nitrogen and oxygen atoms in total. The highest BCUT2D eigenvalue weighted by molar-refractivity contribution is 6.30. The second-order valence-electron chi connectivity index (χ2n) is 7.23. The highest BCUT2D eigenvalue weighted by atomic mass is 35.5. The molecule has 1 aromatic heterocycles. The summed E-state index contributed by atoms with van der Waals surface area (Å²) >= 11 is 5.73. The van der Waals surface area contributed by atoms with Gasteiger partial charge in [-0.3, -0.25) is 4.79 Å². The number of nitrogens with zero attached hydrogens (tertiary/aromatic N) is 3. The number of esters is 1. The molecule has 1 amide bonds. The van der Waals surface area contributed by atoms with Crippen LogP contribution in [0.2, 0.25) is 5.02 Å². The van der Waals surface area contributed by atoms with Crippen molar-refractivity contribution in [3.05, 3.63) is 52.9 Å². The van der Waals surface area contributed by atoms with Crippen LogP contribution in [0.5, 0.6) is 0 Å². The van der Waals surface area contributed by atoms with E-state index in [2.05, 4.69) is 20.1 Å². The van der Waals surface area contributed by atoms with E-state index in [-0.39, 0.29) is 29.0 Å². The third-order valence-electron chi connectivity index (χ3n) is 5.03. The Kier molecular flexibility index (Phi) is 8.20. The zero-order chi connectivity index (χ0) is 22.2. The number of amides is 1. The van der Waals surface area contributed by atoms with Crippen molar-refractivity contribution < 1.29 is 18.7 Å². The minimum Gasteiger partial charge on any atom is -0.462 e. The largest absolute Gasteiger partial charge is 0.462 e. The molecule has 0 saturated carbocycles. The summed E-state index contributed by atoms with van der Waals surface area (Å²) in [6, 6.07) is 7.73. The van der Waals surface area contributed by atoms with Crippen molar-refractivity contribution in [2.75, 3.05) is 49.5 Å². The van der Waals surface area contributed by atoms with Crippen molar-refractivity contribution in [2.24, 2.45) is 0 Å². The molecule has 9 heteroatoms. The predicted octanol–water partition coefficient (Wildman–Crippen LogP) is 3.59. The van der Waals surface area contributed by atoms with Gasteiger partial charge < -0.3 is 19.9 Å². The number of carbonyl (C=O) groups is 2. The Morgan fingerprint density at radius 2 is 2.03 bits per heavy atom. The van der Waals surface area contributed by atoms with Gasteiger partial charge in [-0.15, -0.1) is 0 Å². The van der Waals surface area contributed by atoms with Gasteiger partial charge in [-0.25, -0.2) is 14.2 Å². The van der Waals surface area contributed by atoms with Crippen LogP contribution in [-0.2, 0) is 9.53 Å². The van der Waals surface area contributed by atoms with E-state index in [1.54, 1.807) is 13.0 Å². The van der Waals surface area contributed by atoms with E-state index in [1.807, 2.05) is 6.07 Å². The summed E-state index contributed by atoms with van der Waals surface area (Å²) in [5, 5.41) is 2.88. The van der Waals surface area contributed by atoms with Crippen molar-refractivity contribution >= 4 is 35.0 Å². The first-order valence-corrected chi connectivity index (χ1v) is 10.7. The Morgan fingerprint density at radius 1 is 1.19 bits per heavy atom. The number of ether oxygens (including phenoxy) is 1. The van der Waals surface area contributed by atoms with Crippen LogP contribution in [-0.4, -0.2) is 61.1 Å². The van der Waals surface area contributed by atoms with Crippen molar-refractivity contribution in [3.8, 4) is 0 Å². The van der Waals surface area contributed by atoms with E-state index in [9.17, 15) is 14.0 Å². The van der Waals surface area contributed by atoms with Crippen LogP contribution >= 0.6 is 11.6 Å². The van der Waals surface area contributed by atoms with E-state index >= 15 is 0 Å². The molecule has 1 aromatic carbocycles. The van der Waals surface area contributed by atoms with Gasteiger partial charge in [0.2, 0.25) is 5.91 Å². The quantitative estimate of drug-likeness (QED) is 0.652. The number of hydrogen-bond donors (Lipinski definition) is 1. The normalized spacial score (nSPS) is 14.7. The van der Waals surface area contributed by atoms with Gasteiger partial charge in [-0.2, -0.15) is 0 Å². The smallest absolute Gasteiger partial charge is 0.339 e. The van der Waals surface area contributed by atoms with E-state index in [0.717, 1.165) is 38.4 Å². The molecule has 31 heavy (non-hydrogen) atoms. The van der Waals surface area contributed by atoms with Crippen LogP contribution in [0.15, 0.2) is 36.5 Å². The molecule has 1 aliphatic rings. The van der Waals surface area contributed by atoms with Gasteiger partial charge in [0.25, 0.3) is 0 Å². The average molecular weight is 449 g/mol. The highest BCUT2D eigenvalue weighted by Crippen LogP contribution is 2.19. The van der Waals surface area contributed by atoms with Crippen molar-refractivity contribution in [3.63, 3.8) is 0 Å². The molecule has 0 aliphatic carbocycles. The maximum absolute atomic E-state index is 13.8. The van der Waals surface area contributed by atoms with E-state index in [4.69, 9.17) is 16.3 Å². The molecule has 1 fully saturated rings. The molecule has 0 spiro atoms. The number of pyridine rings is 1. The van der Waals surface area contributed by atoms with Gasteiger partial charge in [0.15, 0.2) is 0 Å². The van der Waals surface area contributed by atoms with E-state index < -0.39 is 5.82 Å². The van der Waals surface area contributed by atoms with Gasteiger partial charge in [-0.05, 0) is 50.2 Å². The van der Waals surface area contributed by atoms with Gasteiger partial charge >= 0.3 is 5.97 Å². The van der Waals surface area contributed by atoms with Crippen LogP contribution < -0.4 is 10.2 Å². The summed E-state index contributed by atoms with van der Waals surface area (Å²) in [6.45, 7) is 5.93.